The van der Waals surface area contributed by atoms with E-state index in [4.69, 9.17) is 0 Å². The molecule has 0 saturated carbocycles. The molecule has 0 spiro atoms. The highest BCUT2D eigenvalue weighted by Gasteiger charge is 2.23. The predicted octanol–water partition coefficient (Wildman–Crippen LogP) is 6.64. The molecule has 0 radical (unpaired) electrons. The van der Waals surface area contributed by atoms with Crippen LogP contribution in [-0.2, 0) is 10.8 Å². The summed E-state index contributed by atoms with van der Waals surface area (Å²) in [5, 5.41) is 3.22. The number of hydrogen-bond donors (Lipinski definition) is 1. The number of carbonyl (C=O) groups excluding carboxylic acids is 1. The van der Waals surface area contributed by atoms with Crippen molar-refractivity contribution in [3.8, 4) is 0 Å². The minimum atomic E-state index is -0.0821. The highest BCUT2D eigenvalue weighted by atomic mass is 16.1. The van der Waals surface area contributed by atoms with Gasteiger partial charge in [-0.1, -0.05) is 83.5 Å². The minimum absolute atomic E-state index is 0.0205. The number of amides is 1. The Morgan fingerprint density at radius 2 is 1.57 bits per heavy atom. The normalized spacial score (nSPS) is 13.1. The molecule has 0 aliphatic heterocycles. The molecule has 1 N–H and O–H groups in total. The summed E-state index contributed by atoms with van der Waals surface area (Å²) in [4.78, 5) is 13.2. The van der Waals surface area contributed by atoms with Crippen LogP contribution in [0.5, 0.6) is 0 Å². The SMILES string of the molecule is C=CC[C@@H](NC(=O)c1cc(C(C)(C)C)cc(C(C)(C)C)c1)c1cccc(C)c1. The van der Waals surface area contributed by atoms with Gasteiger partial charge in [0.15, 0.2) is 0 Å². The highest BCUT2D eigenvalue weighted by Crippen LogP contribution is 2.30. The quantitative estimate of drug-likeness (QED) is 0.582. The molecule has 2 heteroatoms. The second kappa shape index (κ2) is 8.34. The summed E-state index contributed by atoms with van der Waals surface area (Å²) in [5.74, 6) is -0.0371. The van der Waals surface area contributed by atoms with E-state index in [-0.39, 0.29) is 22.8 Å². The average Bonchev–Trinajstić information content (AvgIpc) is 2.59. The predicted molar refractivity (Wildman–Crippen MR) is 120 cm³/mol. The third kappa shape index (κ3) is 5.58. The molecule has 0 bridgehead atoms. The summed E-state index contributed by atoms with van der Waals surface area (Å²) in [6.45, 7) is 19.0. The van der Waals surface area contributed by atoms with Crippen LogP contribution in [-0.4, -0.2) is 5.91 Å². The first-order chi connectivity index (χ1) is 12.9. The molecule has 0 fully saturated rings. The number of rotatable bonds is 5. The Kier molecular flexibility index (Phi) is 6.54. The molecular formula is C26H35NO. The summed E-state index contributed by atoms with van der Waals surface area (Å²) in [7, 11) is 0. The second-order valence-corrected chi connectivity index (χ2v) is 9.76. The van der Waals surface area contributed by atoms with Crippen LogP contribution in [0.1, 0.15) is 86.6 Å². The van der Waals surface area contributed by atoms with Gasteiger partial charge in [-0.3, -0.25) is 4.79 Å². The van der Waals surface area contributed by atoms with Crippen molar-refractivity contribution in [2.24, 2.45) is 0 Å². The molecule has 0 aliphatic carbocycles. The van der Waals surface area contributed by atoms with E-state index in [1.54, 1.807) is 0 Å². The zero-order chi connectivity index (χ0) is 21.1. The van der Waals surface area contributed by atoms with Gasteiger partial charge < -0.3 is 5.32 Å². The van der Waals surface area contributed by atoms with E-state index < -0.39 is 0 Å². The molecule has 2 aromatic rings. The van der Waals surface area contributed by atoms with Crippen molar-refractivity contribution in [1.29, 1.82) is 0 Å². The van der Waals surface area contributed by atoms with Crippen LogP contribution in [0.25, 0.3) is 0 Å². The van der Waals surface area contributed by atoms with Crippen molar-refractivity contribution in [3.63, 3.8) is 0 Å². The molecule has 2 nitrogen and oxygen atoms in total. The summed E-state index contributed by atoms with van der Waals surface area (Å²) >= 11 is 0. The first kappa shape index (κ1) is 21.9. The third-order valence-electron chi connectivity index (χ3n) is 5.08. The van der Waals surface area contributed by atoms with Gasteiger partial charge in [-0.25, -0.2) is 0 Å². The van der Waals surface area contributed by atoms with Gasteiger partial charge in [-0.2, -0.15) is 0 Å². The standard InChI is InChI=1S/C26H35NO/c1-9-11-23(19-13-10-12-18(2)14-19)27-24(28)20-15-21(25(3,4)5)17-22(16-20)26(6,7)8/h9-10,12-17,23H,1,11H2,2-8H3,(H,27,28)/t23-/m1/s1. The third-order valence-corrected chi connectivity index (χ3v) is 5.08. The zero-order valence-corrected chi connectivity index (χ0v) is 18.5. The Hall–Kier alpha value is -2.35. The van der Waals surface area contributed by atoms with Gasteiger partial charge in [0, 0.05) is 5.56 Å². The van der Waals surface area contributed by atoms with E-state index in [9.17, 15) is 4.79 Å². The number of carbonyl (C=O) groups is 1. The van der Waals surface area contributed by atoms with Crippen LogP contribution in [0.4, 0.5) is 0 Å². The van der Waals surface area contributed by atoms with Crippen molar-refractivity contribution >= 4 is 5.91 Å². The van der Waals surface area contributed by atoms with Gasteiger partial charge in [0.2, 0.25) is 0 Å². The fraction of sp³-hybridized carbons (Fsp3) is 0.423. The molecule has 1 amide bonds. The Balaban J connectivity index is 2.42. The molecule has 0 unspecified atom stereocenters. The number of nitrogens with one attached hydrogen (secondary N) is 1. The lowest BCUT2D eigenvalue weighted by molar-refractivity contribution is 0.0936. The van der Waals surface area contributed by atoms with Gasteiger partial charge in [-0.05, 0) is 53.0 Å². The van der Waals surface area contributed by atoms with Gasteiger partial charge in [-0.15, -0.1) is 6.58 Å². The van der Waals surface area contributed by atoms with Gasteiger partial charge in [0.25, 0.3) is 5.91 Å². The molecule has 0 saturated heterocycles. The molecule has 0 aromatic heterocycles. The van der Waals surface area contributed by atoms with E-state index in [2.05, 4.69) is 84.6 Å². The van der Waals surface area contributed by atoms with Gasteiger partial charge >= 0.3 is 0 Å². The molecule has 28 heavy (non-hydrogen) atoms. The molecule has 150 valence electrons. The first-order valence-electron chi connectivity index (χ1n) is 10.1. The highest BCUT2D eigenvalue weighted by molar-refractivity contribution is 5.95. The Morgan fingerprint density at radius 3 is 2.04 bits per heavy atom. The monoisotopic (exact) mass is 377 g/mol. The fourth-order valence-corrected chi connectivity index (χ4v) is 3.20. The van der Waals surface area contributed by atoms with Crippen LogP contribution in [0.3, 0.4) is 0 Å². The minimum Gasteiger partial charge on any atom is -0.345 e. The van der Waals surface area contributed by atoms with Crippen LogP contribution < -0.4 is 5.32 Å². The average molecular weight is 378 g/mol. The zero-order valence-electron chi connectivity index (χ0n) is 18.5. The largest absolute Gasteiger partial charge is 0.345 e. The van der Waals surface area contributed by atoms with Gasteiger partial charge in [0.05, 0.1) is 6.04 Å². The maximum absolute atomic E-state index is 13.2. The van der Waals surface area contributed by atoms with E-state index in [0.29, 0.717) is 6.42 Å². The summed E-state index contributed by atoms with van der Waals surface area (Å²) in [6.07, 6.45) is 2.56. The Labute approximate surface area is 171 Å². The summed E-state index contributed by atoms with van der Waals surface area (Å²) < 4.78 is 0. The maximum atomic E-state index is 13.2. The molecule has 2 aromatic carbocycles. The topological polar surface area (TPSA) is 29.1 Å². The van der Waals surface area contributed by atoms with Gasteiger partial charge in [0.1, 0.15) is 0 Å². The smallest absolute Gasteiger partial charge is 0.251 e. The molecule has 0 heterocycles. The summed E-state index contributed by atoms with van der Waals surface area (Å²) in [5.41, 5.74) is 5.34. The molecular weight excluding hydrogens is 342 g/mol. The van der Waals surface area contributed by atoms with Crippen LogP contribution in [0.15, 0.2) is 55.1 Å². The lowest BCUT2D eigenvalue weighted by atomic mass is 9.79. The van der Waals surface area contributed by atoms with Crippen molar-refractivity contribution in [2.45, 2.75) is 71.8 Å². The second-order valence-electron chi connectivity index (χ2n) is 9.76. The lowest BCUT2D eigenvalue weighted by Gasteiger charge is -2.26. The number of aryl methyl sites for hydroxylation is 1. The van der Waals surface area contributed by atoms with Crippen LogP contribution in [0.2, 0.25) is 0 Å². The maximum Gasteiger partial charge on any atom is 0.251 e. The van der Waals surface area contributed by atoms with Crippen molar-refractivity contribution in [2.75, 3.05) is 0 Å². The van der Waals surface area contributed by atoms with E-state index in [1.807, 2.05) is 24.3 Å². The summed E-state index contributed by atoms with van der Waals surface area (Å²) in [6, 6.07) is 14.5. The van der Waals surface area contributed by atoms with E-state index in [1.165, 1.54) is 16.7 Å². The van der Waals surface area contributed by atoms with E-state index in [0.717, 1.165) is 11.1 Å². The number of hydrogen-bond acceptors (Lipinski definition) is 1. The molecule has 1 atom stereocenters. The fourth-order valence-electron chi connectivity index (χ4n) is 3.20. The Bertz CT molecular complexity index is 817. The van der Waals surface area contributed by atoms with Crippen LogP contribution in [0, 0.1) is 6.92 Å². The van der Waals surface area contributed by atoms with Crippen LogP contribution >= 0.6 is 0 Å². The Morgan fingerprint density at radius 1 is 1.00 bits per heavy atom. The van der Waals surface area contributed by atoms with Crippen molar-refractivity contribution in [3.05, 3.63) is 82.9 Å². The van der Waals surface area contributed by atoms with Crippen molar-refractivity contribution < 1.29 is 4.79 Å². The number of benzene rings is 2. The molecule has 0 aliphatic rings. The lowest BCUT2D eigenvalue weighted by Crippen LogP contribution is -2.29. The van der Waals surface area contributed by atoms with Crippen molar-refractivity contribution in [1.82, 2.24) is 5.32 Å². The first-order valence-corrected chi connectivity index (χ1v) is 10.1. The van der Waals surface area contributed by atoms with E-state index >= 15 is 0 Å². The molecule has 2 rings (SSSR count).